The van der Waals surface area contributed by atoms with Crippen molar-refractivity contribution in [3.05, 3.63) is 41.6 Å². The quantitative estimate of drug-likeness (QED) is 0.850. The van der Waals surface area contributed by atoms with Gasteiger partial charge in [-0.15, -0.1) is 0 Å². The molecule has 1 heterocycles. The molecule has 0 aliphatic rings. The molecular weight excluding hydrogens is 245 g/mol. The molecule has 0 aliphatic heterocycles. The number of pyridine rings is 1. The monoisotopic (exact) mass is 254 g/mol. The normalized spacial score (nSPS) is 11.6. The SMILES string of the molecule is CNC(=O)c1ccnc2c(C(F)(F)F)cccc12. The number of benzene rings is 1. The first-order valence-corrected chi connectivity index (χ1v) is 5.12. The van der Waals surface area contributed by atoms with E-state index in [4.69, 9.17) is 0 Å². The third-order valence-electron chi connectivity index (χ3n) is 2.55. The zero-order valence-electron chi connectivity index (χ0n) is 9.38. The molecule has 1 aromatic carbocycles. The zero-order chi connectivity index (χ0) is 13.3. The molecule has 2 aromatic rings. The highest BCUT2D eigenvalue weighted by molar-refractivity contribution is 6.06. The number of hydrogen-bond acceptors (Lipinski definition) is 2. The van der Waals surface area contributed by atoms with Gasteiger partial charge in [-0.25, -0.2) is 0 Å². The minimum atomic E-state index is -4.49. The van der Waals surface area contributed by atoms with E-state index in [-0.39, 0.29) is 16.5 Å². The number of fused-ring (bicyclic) bond motifs is 1. The summed E-state index contributed by atoms with van der Waals surface area (Å²) in [5.74, 6) is -0.443. The minimum absolute atomic E-state index is 0.175. The van der Waals surface area contributed by atoms with E-state index >= 15 is 0 Å². The first-order valence-electron chi connectivity index (χ1n) is 5.12. The fraction of sp³-hybridized carbons (Fsp3) is 0.167. The summed E-state index contributed by atoms with van der Waals surface area (Å²) < 4.78 is 38.4. The molecule has 0 saturated heterocycles. The van der Waals surface area contributed by atoms with Crippen LogP contribution in [0.1, 0.15) is 15.9 Å². The van der Waals surface area contributed by atoms with Crippen LogP contribution in [0.2, 0.25) is 0 Å². The number of para-hydroxylation sites is 1. The van der Waals surface area contributed by atoms with Gasteiger partial charge in [-0.2, -0.15) is 13.2 Å². The summed E-state index contributed by atoms with van der Waals surface area (Å²) >= 11 is 0. The standard InChI is InChI=1S/C12H9F3N2O/c1-16-11(18)8-5-6-17-10-7(8)3-2-4-9(10)12(13,14)15/h2-6H,1H3,(H,16,18). The van der Waals surface area contributed by atoms with Gasteiger partial charge in [0.25, 0.3) is 5.91 Å². The molecule has 18 heavy (non-hydrogen) atoms. The van der Waals surface area contributed by atoms with Crippen molar-refractivity contribution in [2.24, 2.45) is 0 Å². The molecule has 0 aliphatic carbocycles. The molecule has 0 atom stereocenters. The summed E-state index contributed by atoms with van der Waals surface area (Å²) in [6.07, 6.45) is -3.30. The maximum absolute atomic E-state index is 12.8. The number of carbonyl (C=O) groups excluding carboxylic acids is 1. The summed E-state index contributed by atoms with van der Waals surface area (Å²) in [5.41, 5.74) is -0.884. The maximum Gasteiger partial charge on any atom is 0.418 e. The molecule has 0 fully saturated rings. The fourth-order valence-electron chi connectivity index (χ4n) is 1.74. The van der Waals surface area contributed by atoms with Gasteiger partial charge in [0.15, 0.2) is 0 Å². The van der Waals surface area contributed by atoms with Gasteiger partial charge >= 0.3 is 6.18 Å². The molecule has 0 radical (unpaired) electrons. The van der Waals surface area contributed by atoms with Crippen LogP contribution in [0.5, 0.6) is 0 Å². The molecule has 6 heteroatoms. The van der Waals surface area contributed by atoms with E-state index in [2.05, 4.69) is 10.3 Å². The van der Waals surface area contributed by atoms with Gasteiger partial charge in [-0.1, -0.05) is 12.1 Å². The van der Waals surface area contributed by atoms with Crippen LogP contribution in [0.15, 0.2) is 30.5 Å². The highest BCUT2D eigenvalue weighted by atomic mass is 19.4. The molecule has 0 bridgehead atoms. The number of amides is 1. The van der Waals surface area contributed by atoms with Crippen LogP contribution in [0.25, 0.3) is 10.9 Å². The number of hydrogen-bond donors (Lipinski definition) is 1. The van der Waals surface area contributed by atoms with E-state index in [1.807, 2.05) is 0 Å². The van der Waals surface area contributed by atoms with Crippen LogP contribution in [0, 0.1) is 0 Å². The van der Waals surface area contributed by atoms with Crippen LogP contribution in [-0.4, -0.2) is 17.9 Å². The summed E-state index contributed by atoms with van der Waals surface area (Å²) in [5, 5.41) is 2.57. The van der Waals surface area contributed by atoms with Crippen molar-refractivity contribution in [3.8, 4) is 0 Å². The van der Waals surface area contributed by atoms with Crippen LogP contribution in [0.4, 0.5) is 13.2 Å². The van der Waals surface area contributed by atoms with Crippen molar-refractivity contribution in [2.75, 3.05) is 7.05 Å². The fourth-order valence-corrected chi connectivity index (χ4v) is 1.74. The zero-order valence-corrected chi connectivity index (χ0v) is 9.38. The second kappa shape index (κ2) is 4.29. The largest absolute Gasteiger partial charge is 0.418 e. The molecular formula is C12H9F3N2O. The second-order valence-electron chi connectivity index (χ2n) is 3.64. The molecule has 0 spiro atoms. The van der Waals surface area contributed by atoms with Crippen LogP contribution in [-0.2, 0) is 6.18 Å². The van der Waals surface area contributed by atoms with E-state index in [0.717, 1.165) is 6.07 Å². The first-order chi connectivity index (χ1) is 8.45. The van der Waals surface area contributed by atoms with Crippen LogP contribution >= 0.6 is 0 Å². The summed E-state index contributed by atoms with van der Waals surface area (Å²) in [6.45, 7) is 0. The average molecular weight is 254 g/mol. The molecule has 1 N–H and O–H groups in total. The Hall–Kier alpha value is -2.11. The van der Waals surface area contributed by atoms with Crippen molar-refractivity contribution < 1.29 is 18.0 Å². The smallest absolute Gasteiger partial charge is 0.355 e. The van der Waals surface area contributed by atoms with Gasteiger partial charge in [0.1, 0.15) is 0 Å². The van der Waals surface area contributed by atoms with Gasteiger partial charge in [-0.3, -0.25) is 9.78 Å². The highest BCUT2D eigenvalue weighted by Crippen LogP contribution is 2.34. The Morgan fingerprint density at radius 1 is 1.28 bits per heavy atom. The molecule has 0 saturated carbocycles. The predicted octanol–water partition coefficient (Wildman–Crippen LogP) is 2.61. The molecule has 3 nitrogen and oxygen atoms in total. The van der Waals surface area contributed by atoms with Crippen molar-refractivity contribution in [2.45, 2.75) is 6.18 Å². The Morgan fingerprint density at radius 3 is 2.61 bits per heavy atom. The van der Waals surface area contributed by atoms with E-state index in [1.165, 1.54) is 31.4 Å². The summed E-state index contributed by atoms with van der Waals surface area (Å²) in [4.78, 5) is 15.3. The maximum atomic E-state index is 12.8. The van der Waals surface area contributed by atoms with Gasteiger partial charge in [-0.05, 0) is 12.1 Å². The summed E-state index contributed by atoms with van der Waals surface area (Å²) in [7, 11) is 1.42. The Labute approximate surface area is 101 Å². The first kappa shape index (κ1) is 12.3. The lowest BCUT2D eigenvalue weighted by molar-refractivity contribution is -0.136. The molecule has 94 valence electrons. The Balaban J connectivity index is 2.78. The third-order valence-corrected chi connectivity index (χ3v) is 2.55. The average Bonchev–Trinajstić information content (AvgIpc) is 2.35. The van der Waals surface area contributed by atoms with Crippen molar-refractivity contribution in [3.63, 3.8) is 0 Å². The van der Waals surface area contributed by atoms with Crippen molar-refractivity contribution in [1.29, 1.82) is 0 Å². The Morgan fingerprint density at radius 2 is 2.00 bits per heavy atom. The predicted molar refractivity (Wildman–Crippen MR) is 60.1 cm³/mol. The van der Waals surface area contributed by atoms with Crippen molar-refractivity contribution in [1.82, 2.24) is 10.3 Å². The molecule has 1 amide bonds. The van der Waals surface area contributed by atoms with E-state index in [1.54, 1.807) is 0 Å². The lowest BCUT2D eigenvalue weighted by Crippen LogP contribution is -2.18. The topological polar surface area (TPSA) is 42.0 Å². The molecule has 2 rings (SSSR count). The van der Waals surface area contributed by atoms with Gasteiger partial charge < -0.3 is 5.32 Å². The number of alkyl halides is 3. The van der Waals surface area contributed by atoms with Gasteiger partial charge in [0.05, 0.1) is 16.6 Å². The Bertz CT molecular complexity index is 608. The van der Waals surface area contributed by atoms with Gasteiger partial charge in [0.2, 0.25) is 0 Å². The molecule has 1 aromatic heterocycles. The lowest BCUT2D eigenvalue weighted by atomic mass is 10.0. The van der Waals surface area contributed by atoms with Crippen LogP contribution < -0.4 is 5.32 Å². The lowest BCUT2D eigenvalue weighted by Gasteiger charge is -2.11. The van der Waals surface area contributed by atoms with E-state index < -0.39 is 17.6 Å². The van der Waals surface area contributed by atoms with Crippen molar-refractivity contribution >= 4 is 16.8 Å². The third kappa shape index (κ3) is 2.01. The van der Waals surface area contributed by atoms with Crippen LogP contribution in [0.3, 0.4) is 0 Å². The number of nitrogens with zero attached hydrogens (tertiary/aromatic N) is 1. The van der Waals surface area contributed by atoms with Gasteiger partial charge in [0, 0.05) is 18.6 Å². The minimum Gasteiger partial charge on any atom is -0.355 e. The van der Waals surface area contributed by atoms with E-state index in [9.17, 15) is 18.0 Å². The number of halogens is 3. The highest BCUT2D eigenvalue weighted by Gasteiger charge is 2.33. The number of aromatic nitrogens is 1. The number of carbonyl (C=O) groups is 1. The van der Waals surface area contributed by atoms with E-state index in [0.29, 0.717) is 0 Å². The Kier molecular flexibility index (Phi) is 2.94. The number of rotatable bonds is 1. The number of nitrogens with one attached hydrogen (secondary N) is 1. The second-order valence-corrected chi connectivity index (χ2v) is 3.64. The summed E-state index contributed by atoms with van der Waals surface area (Å²) in [6, 6.07) is 5.05. The molecule has 0 unspecified atom stereocenters.